The van der Waals surface area contributed by atoms with Crippen LogP contribution in [-0.2, 0) is 0 Å². The molecule has 2 N–H and O–H groups in total. The van der Waals surface area contributed by atoms with Gasteiger partial charge in [-0.05, 0) is 37.3 Å². The van der Waals surface area contributed by atoms with E-state index in [4.69, 9.17) is 20.0 Å². The van der Waals surface area contributed by atoms with Crippen LogP contribution in [0.4, 0.5) is 5.69 Å². The van der Waals surface area contributed by atoms with E-state index in [9.17, 15) is 0 Å². The highest BCUT2D eigenvalue weighted by atomic mass is 32.2. The molecular formula is C18H18N4O2S. The van der Waals surface area contributed by atoms with E-state index in [0.29, 0.717) is 18.0 Å². The number of rotatable bonds is 3. The summed E-state index contributed by atoms with van der Waals surface area (Å²) in [6.45, 7) is 2.58. The molecule has 2 aliphatic heterocycles. The van der Waals surface area contributed by atoms with Gasteiger partial charge in [0.05, 0.1) is 41.9 Å². The van der Waals surface area contributed by atoms with Crippen LogP contribution in [0, 0.1) is 6.92 Å². The third-order valence-electron chi connectivity index (χ3n) is 4.16. The molecule has 0 spiro atoms. The van der Waals surface area contributed by atoms with E-state index in [0.717, 1.165) is 39.2 Å². The van der Waals surface area contributed by atoms with Crippen LogP contribution in [0.1, 0.15) is 16.9 Å². The SMILES string of the molecule is COc1ccc(C2=NN3C(=CCN=C3c3ccoc3C)SC2)cc1N. The number of aliphatic imine (C=N–C) groups is 1. The molecule has 0 amide bonds. The maximum Gasteiger partial charge on any atom is 0.161 e. The zero-order chi connectivity index (χ0) is 17.4. The lowest BCUT2D eigenvalue weighted by Crippen LogP contribution is -2.33. The molecule has 0 fully saturated rings. The molecule has 2 aromatic rings. The molecule has 1 aromatic carbocycles. The van der Waals surface area contributed by atoms with Gasteiger partial charge in [0.25, 0.3) is 0 Å². The van der Waals surface area contributed by atoms with Crippen molar-refractivity contribution >= 4 is 29.0 Å². The number of nitrogens with two attached hydrogens (primary N) is 1. The van der Waals surface area contributed by atoms with E-state index in [1.807, 2.05) is 36.2 Å². The molecule has 0 unspecified atom stereocenters. The standard InChI is InChI=1S/C18H18N4O2S/c1-11-13(6-8-24-11)18-20-7-5-17-22(18)21-15(10-25-17)12-3-4-16(23-2)14(19)9-12/h3-6,8-9H,7,10,19H2,1-2H3. The topological polar surface area (TPSA) is 76.3 Å². The van der Waals surface area contributed by atoms with Crippen LogP contribution in [0.3, 0.4) is 0 Å². The first-order valence-corrected chi connectivity index (χ1v) is 8.89. The molecule has 2 aliphatic rings. The number of fused-ring (bicyclic) bond motifs is 1. The second kappa shape index (κ2) is 6.33. The van der Waals surface area contributed by atoms with E-state index < -0.39 is 0 Å². The van der Waals surface area contributed by atoms with Crippen molar-refractivity contribution in [3.05, 3.63) is 58.5 Å². The van der Waals surface area contributed by atoms with Crippen LogP contribution in [0.2, 0.25) is 0 Å². The molecule has 6 nitrogen and oxygen atoms in total. The maximum atomic E-state index is 6.05. The Morgan fingerprint density at radius 1 is 1.32 bits per heavy atom. The van der Waals surface area contributed by atoms with E-state index in [1.54, 1.807) is 25.1 Å². The number of furan rings is 1. The van der Waals surface area contributed by atoms with E-state index in [-0.39, 0.29) is 0 Å². The zero-order valence-electron chi connectivity index (χ0n) is 14.0. The largest absolute Gasteiger partial charge is 0.495 e. The first kappa shape index (κ1) is 15.8. The molecule has 7 heteroatoms. The Labute approximate surface area is 150 Å². The Morgan fingerprint density at radius 3 is 2.92 bits per heavy atom. The summed E-state index contributed by atoms with van der Waals surface area (Å²) >= 11 is 1.75. The van der Waals surface area contributed by atoms with Crippen molar-refractivity contribution in [2.45, 2.75) is 6.92 Å². The van der Waals surface area contributed by atoms with E-state index >= 15 is 0 Å². The number of amidine groups is 1. The number of benzene rings is 1. The highest BCUT2D eigenvalue weighted by molar-refractivity contribution is 8.03. The van der Waals surface area contributed by atoms with Gasteiger partial charge >= 0.3 is 0 Å². The van der Waals surface area contributed by atoms with Crippen molar-refractivity contribution in [1.82, 2.24) is 5.01 Å². The van der Waals surface area contributed by atoms with Crippen molar-refractivity contribution in [1.29, 1.82) is 0 Å². The van der Waals surface area contributed by atoms with E-state index in [1.165, 1.54) is 0 Å². The summed E-state index contributed by atoms with van der Waals surface area (Å²) in [6.07, 6.45) is 3.77. The number of anilines is 1. The average molecular weight is 354 g/mol. The van der Waals surface area contributed by atoms with Gasteiger partial charge in [-0.15, -0.1) is 11.8 Å². The van der Waals surface area contributed by atoms with Crippen LogP contribution in [-0.4, -0.2) is 36.0 Å². The predicted octanol–water partition coefficient (Wildman–Crippen LogP) is 3.23. The van der Waals surface area contributed by atoms with Crippen molar-refractivity contribution < 1.29 is 9.15 Å². The summed E-state index contributed by atoms with van der Waals surface area (Å²) < 4.78 is 10.7. The minimum atomic E-state index is 0.604. The summed E-state index contributed by atoms with van der Waals surface area (Å²) in [4.78, 5) is 4.63. The fourth-order valence-electron chi connectivity index (χ4n) is 2.85. The van der Waals surface area contributed by atoms with Gasteiger partial charge in [0.15, 0.2) is 5.84 Å². The first-order valence-electron chi connectivity index (χ1n) is 7.90. The quantitative estimate of drug-likeness (QED) is 0.857. The number of nitrogens with zero attached hydrogens (tertiary/aromatic N) is 3. The molecule has 0 atom stereocenters. The molecule has 4 rings (SSSR count). The number of hydrogen-bond donors (Lipinski definition) is 1. The van der Waals surface area contributed by atoms with Crippen LogP contribution in [0.5, 0.6) is 5.75 Å². The predicted molar refractivity (Wildman–Crippen MR) is 101 cm³/mol. The number of hydrogen-bond acceptors (Lipinski definition) is 7. The summed E-state index contributed by atoms with van der Waals surface area (Å²) in [7, 11) is 1.61. The van der Waals surface area contributed by atoms with Crippen LogP contribution in [0.25, 0.3) is 0 Å². The second-order valence-corrected chi connectivity index (χ2v) is 6.70. The fourth-order valence-corrected chi connectivity index (χ4v) is 3.80. The number of methoxy groups -OCH3 is 1. The number of hydrazone groups is 1. The molecule has 0 radical (unpaired) electrons. The number of nitrogen functional groups attached to an aromatic ring is 1. The Balaban J connectivity index is 1.72. The normalized spacial score (nSPS) is 16.7. The zero-order valence-corrected chi connectivity index (χ0v) is 14.8. The van der Waals surface area contributed by atoms with Gasteiger partial charge in [0.1, 0.15) is 11.5 Å². The molecule has 25 heavy (non-hydrogen) atoms. The minimum absolute atomic E-state index is 0.604. The van der Waals surface area contributed by atoms with Gasteiger partial charge in [-0.3, -0.25) is 4.99 Å². The van der Waals surface area contributed by atoms with Crippen molar-refractivity contribution in [3.63, 3.8) is 0 Å². The highest BCUT2D eigenvalue weighted by Crippen LogP contribution is 2.33. The van der Waals surface area contributed by atoms with Crippen LogP contribution >= 0.6 is 11.8 Å². The smallest absolute Gasteiger partial charge is 0.161 e. The Kier molecular flexibility index (Phi) is 4.01. The van der Waals surface area contributed by atoms with Gasteiger partial charge in [-0.1, -0.05) is 0 Å². The fraction of sp³-hybridized carbons (Fsp3) is 0.222. The second-order valence-electron chi connectivity index (χ2n) is 5.70. The number of aryl methyl sites for hydroxylation is 1. The Hall–Kier alpha value is -2.67. The molecule has 0 saturated carbocycles. The van der Waals surface area contributed by atoms with Gasteiger partial charge in [0, 0.05) is 11.3 Å². The van der Waals surface area contributed by atoms with E-state index in [2.05, 4.69) is 11.1 Å². The molecule has 128 valence electrons. The van der Waals surface area contributed by atoms with Crippen LogP contribution in [0.15, 0.2) is 56.1 Å². The third-order valence-corrected chi connectivity index (χ3v) is 5.21. The molecule has 0 aliphatic carbocycles. The molecule has 0 bridgehead atoms. The average Bonchev–Trinajstić information content (AvgIpc) is 3.06. The molecule has 0 saturated heterocycles. The lowest BCUT2D eigenvalue weighted by molar-refractivity contribution is 0.417. The number of ether oxygens (including phenoxy) is 1. The molecular weight excluding hydrogens is 336 g/mol. The summed E-state index contributed by atoms with van der Waals surface area (Å²) in [5, 5.41) is 7.83. The van der Waals surface area contributed by atoms with Crippen LogP contribution < -0.4 is 10.5 Å². The van der Waals surface area contributed by atoms with Gasteiger partial charge in [-0.2, -0.15) is 5.10 Å². The maximum absolute atomic E-state index is 6.05. The van der Waals surface area contributed by atoms with Crippen molar-refractivity contribution in [2.24, 2.45) is 10.1 Å². The van der Waals surface area contributed by atoms with Gasteiger partial charge in [0.2, 0.25) is 0 Å². The monoisotopic (exact) mass is 354 g/mol. The van der Waals surface area contributed by atoms with Crippen molar-refractivity contribution in [2.75, 3.05) is 25.1 Å². The first-order chi connectivity index (χ1) is 12.2. The molecule has 1 aromatic heterocycles. The summed E-state index contributed by atoms with van der Waals surface area (Å²) in [5.41, 5.74) is 9.55. The lowest BCUT2D eigenvalue weighted by Gasteiger charge is -2.30. The highest BCUT2D eigenvalue weighted by Gasteiger charge is 2.28. The Morgan fingerprint density at radius 2 is 2.20 bits per heavy atom. The van der Waals surface area contributed by atoms with Crippen molar-refractivity contribution in [3.8, 4) is 5.75 Å². The lowest BCUT2D eigenvalue weighted by atomic mass is 10.1. The Bertz CT molecular complexity index is 914. The summed E-state index contributed by atoms with van der Waals surface area (Å²) in [6, 6.07) is 7.68. The summed E-state index contributed by atoms with van der Waals surface area (Å²) in [5.74, 6) is 3.10. The van der Waals surface area contributed by atoms with Gasteiger partial charge in [-0.25, -0.2) is 5.01 Å². The minimum Gasteiger partial charge on any atom is -0.495 e. The van der Waals surface area contributed by atoms with Gasteiger partial charge < -0.3 is 14.9 Å². The molecule has 3 heterocycles. The number of thioether (sulfide) groups is 1. The third kappa shape index (κ3) is 2.80.